The molecule has 0 saturated heterocycles. The first-order valence-electron chi connectivity index (χ1n) is 10.9. The minimum atomic E-state index is -1.23. The number of hydrogen-bond acceptors (Lipinski definition) is 7. The fraction of sp³-hybridized carbons (Fsp3) is 0.333. The number of carbonyl (C=O) groups excluding carboxylic acids is 3. The number of aromatic hydroxyl groups is 1. The van der Waals surface area contributed by atoms with E-state index in [1.54, 1.807) is 42.5 Å². The van der Waals surface area contributed by atoms with Gasteiger partial charge in [0.25, 0.3) is 0 Å². The fourth-order valence-corrected chi connectivity index (χ4v) is 3.43. The lowest BCUT2D eigenvalue weighted by atomic mass is 10.0. The van der Waals surface area contributed by atoms with Crippen LogP contribution in [0, 0.1) is 0 Å². The summed E-state index contributed by atoms with van der Waals surface area (Å²) in [6, 6.07) is 10.5. The van der Waals surface area contributed by atoms with Crippen molar-refractivity contribution in [1.29, 1.82) is 0 Å². The summed E-state index contributed by atoms with van der Waals surface area (Å²) in [5.41, 5.74) is 6.87. The Balaban J connectivity index is 2.21. The van der Waals surface area contributed by atoms with Gasteiger partial charge in [-0.2, -0.15) is 12.6 Å². The number of phenols is 1. The molecule has 2 aromatic carbocycles. The molecule has 4 atom stereocenters. The van der Waals surface area contributed by atoms with Gasteiger partial charge in [0.15, 0.2) is 0 Å². The molecule has 10 nitrogen and oxygen atoms in total. The topological polar surface area (TPSA) is 171 Å². The first kappa shape index (κ1) is 27.7. The molecule has 0 spiro atoms. The lowest BCUT2D eigenvalue weighted by Gasteiger charge is -2.24. The number of phenolic OH excluding ortho intramolecular Hbond substituents is 1. The highest BCUT2D eigenvalue weighted by Crippen LogP contribution is 2.12. The number of nitrogens with one attached hydrogen (secondary N) is 3. The Morgan fingerprint density at radius 2 is 1.29 bits per heavy atom. The van der Waals surface area contributed by atoms with Gasteiger partial charge in [-0.25, -0.2) is 4.79 Å². The molecule has 188 valence electrons. The van der Waals surface area contributed by atoms with Crippen molar-refractivity contribution in [2.24, 2.45) is 5.73 Å². The van der Waals surface area contributed by atoms with E-state index in [2.05, 4.69) is 28.6 Å². The van der Waals surface area contributed by atoms with Gasteiger partial charge < -0.3 is 31.9 Å². The van der Waals surface area contributed by atoms with Crippen molar-refractivity contribution in [3.8, 4) is 5.75 Å². The molecule has 4 unspecified atom stereocenters. The molecule has 0 fully saturated rings. The molecule has 0 aromatic heterocycles. The zero-order valence-corrected chi connectivity index (χ0v) is 20.1. The summed E-state index contributed by atoms with van der Waals surface area (Å²) in [7, 11) is 0. The normalized spacial score (nSPS) is 14.1. The van der Waals surface area contributed by atoms with Crippen LogP contribution in [0.4, 0.5) is 0 Å². The van der Waals surface area contributed by atoms with Crippen LogP contribution in [-0.2, 0) is 32.0 Å². The molecule has 0 aliphatic carbocycles. The van der Waals surface area contributed by atoms with E-state index < -0.39 is 47.9 Å². The van der Waals surface area contributed by atoms with Crippen molar-refractivity contribution in [1.82, 2.24) is 16.0 Å². The third-order valence-electron chi connectivity index (χ3n) is 5.14. The van der Waals surface area contributed by atoms with E-state index in [9.17, 15) is 29.4 Å². The van der Waals surface area contributed by atoms with Crippen LogP contribution >= 0.6 is 12.6 Å². The summed E-state index contributed by atoms with van der Waals surface area (Å²) in [5, 5.41) is 26.7. The molecule has 0 bridgehead atoms. The molecule has 0 aliphatic heterocycles. The van der Waals surface area contributed by atoms with Crippen molar-refractivity contribution in [2.75, 3.05) is 5.75 Å². The maximum absolute atomic E-state index is 13.1. The predicted molar refractivity (Wildman–Crippen MR) is 133 cm³/mol. The molecule has 2 aromatic rings. The second kappa shape index (κ2) is 13.4. The Morgan fingerprint density at radius 3 is 1.83 bits per heavy atom. The van der Waals surface area contributed by atoms with E-state index in [0.717, 1.165) is 0 Å². The number of carboxylic acids is 1. The number of thiol groups is 1. The van der Waals surface area contributed by atoms with E-state index in [0.29, 0.717) is 11.1 Å². The average molecular weight is 503 g/mol. The van der Waals surface area contributed by atoms with E-state index in [-0.39, 0.29) is 24.3 Å². The highest BCUT2D eigenvalue weighted by molar-refractivity contribution is 7.80. The molecule has 11 heteroatoms. The molecule has 0 heterocycles. The van der Waals surface area contributed by atoms with Crippen LogP contribution < -0.4 is 21.7 Å². The molecule has 0 saturated carbocycles. The van der Waals surface area contributed by atoms with E-state index in [1.807, 2.05) is 0 Å². The van der Waals surface area contributed by atoms with Gasteiger partial charge in [-0.15, -0.1) is 0 Å². The number of amides is 3. The van der Waals surface area contributed by atoms with Gasteiger partial charge in [0, 0.05) is 18.6 Å². The van der Waals surface area contributed by atoms with Gasteiger partial charge in [-0.1, -0.05) is 42.5 Å². The Hall–Kier alpha value is -3.57. The van der Waals surface area contributed by atoms with E-state index >= 15 is 0 Å². The van der Waals surface area contributed by atoms with Crippen LogP contribution in [0.15, 0.2) is 54.6 Å². The Morgan fingerprint density at radius 1 is 0.800 bits per heavy atom. The summed E-state index contributed by atoms with van der Waals surface area (Å²) >= 11 is 4.10. The quantitative estimate of drug-likeness (QED) is 0.200. The van der Waals surface area contributed by atoms with Gasteiger partial charge >= 0.3 is 5.97 Å². The van der Waals surface area contributed by atoms with Crippen LogP contribution in [-0.4, -0.2) is 63.8 Å². The van der Waals surface area contributed by atoms with Gasteiger partial charge in [0.2, 0.25) is 17.7 Å². The third-order valence-corrected chi connectivity index (χ3v) is 5.50. The minimum Gasteiger partial charge on any atom is -0.508 e. The number of hydrogen-bond donors (Lipinski definition) is 7. The zero-order valence-electron chi connectivity index (χ0n) is 19.2. The summed E-state index contributed by atoms with van der Waals surface area (Å²) in [4.78, 5) is 49.7. The van der Waals surface area contributed by atoms with Crippen LogP contribution in [0.2, 0.25) is 0 Å². The first-order valence-corrected chi connectivity index (χ1v) is 11.6. The number of carbonyl (C=O) groups is 4. The Labute approximate surface area is 208 Å². The number of rotatable bonds is 12. The van der Waals surface area contributed by atoms with Crippen LogP contribution in [0.1, 0.15) is 18.1 Å². The number of carboxylic acid groups (broad SMARTS) is 1. The lowest BCUT2D eigenvalue weighted by Crippen LogP contribution is -2.58. The fourth-order valence-electron chi connectivity index (χ4n) is 3.17. The number of nitrogens with two attached hydrogens (primary N) is 1. The summed E-state index contributed by atoms with van der Waals surface area (Å²) in [6.45, 7) is 1.46. The third kappa shape index (κ3) is 8.95. The molecular formula is C24H30N4O6S. The van der Waals surface area contributed by atoms with Gasteiger partial charge in [-0.05, 0) is 30.2 Å². The SMILES string of the molecule is CC(N)C(=O)NC(CS)C(=O)NC(Cc1ccc(O)cc1)C(=O)NC(Cc1ccccc1)C(=O)O. The van der Waals surface area contributed by atoms with E-state index in [1.165, 1.54) is 19.1 Å². The standard InChI is InChI=1S/C24H30N4O6S/c1-14(25)21(30)28-20(13-35)23(32)26-18(11-16-7-9-17(29)10-8-16)22(31)27-19(24(33)34)12-15-5-3-2-4-6-15/h2-10,14,18-20,29,35H,11-13,25H2,1H3,(H,26,32)(H,27,31)(H,28,30)(H,33,34). The highest BCUT2D eigenvalue weighted by atomic mass is 32.1. The number of benzene rings is 2. The summed E-state index contributed by atoms with van der Waals surface area (Å²) in [5.74, 6) is -3.21. The van der Waals surface area contributed by atoms with Crippen molar-refractivity contribution in [2.45, 2.75) is 43.9 Å². The van der Waals surface area contributed by atoms with Gasteiger partial charge in [0.1, 0.15) is 23.9 Å². The van der Waals surface area contributed by atoms with Crippen molar-refractivity contribution in [3.63, 3.8) is 0 Å². The molecule has 0 aliphatic rings. The second-order valence-electron chi connectivity index (χ2n) is 8.05. The van der Waals surface area contributed by atoms with E-state index in [4.69, 9.17) is 5.73 Å². The predicted octanol–water partition coefficient (Wildman–Crippen LogP) is -0.00660. The summed E-state index contributed by atoms with van der Waals surface area (Å²) < 4.78 is 0. The smallest absolute Gasteiger partial charge is 0.326 e. The van der Waals surface area contributed by atoms with Crippen molar-refractivity contribution >= 4 is 36.3 Å². The van der Waals surface area contributed by atoms with Gasteiger partial charge in [0.05, 0.1) is 6.04 Å². The zero-order chi connectivity index (χ0) is 26.0. The molecule has 2 rings (SSSR count). The molecular weight excluding hydrogens is 472 g/mol. The molecule has 0 radical (unpaired) electrons. The summed E-state index contributed by atoms with van der Waals surface area (Å²) in [6.07, 6.45) is 0.0571. The lowest BCUT2D eigenvalue weighted by molar-refractivity contribution is -0.142. The molecule has 35 heavy (non-hydrogen) atoms. The first-order chi connectivity index (χ1) is 16.6. The van der Waals surface area contributed by atoms with Crippen LogP contribution in [0.3, 0.4) is 0 Å². The minimum absolute atomic E-state index is 0.00998. The number of aliphatic carboxylic acids is 1. The Bertz CT molecular complexity index is 1020. The largest absolute Gasteiger partial charge is 0.508 e. The maximum atomic E-state index is 13.1. The van der Waals surface area contributed by atoms with Crippen LogP contribution in [0.5, 0.6) is 5.75 Å². The van der Waals surface area contributed by atoms with Crippen molar-refractivity contribution in [3.05, 3.63) is 65.7 Å². The van der Waals surface area contributed by atoms with Gasteiger partial charge in [-0.3, -0.25) is 14.4 Å². The monoisotopic (exact) mass is 502 g/mol. The van der Waals surface area contributed by atoms with Crippen molar-refractivity contribution < 1.29 is 29.4 Å². The highest BCUT2D eigenvalue weighted by Gasteiger charge is 2.30. The Kier molecular flexibility index (Phi) is 10.6. The average Bonchev–Trinajstić information content (AvgIpc) is 2.83. The molecule has 7 N–H and O–H groups in total. The molecule has 3 amide bonds. The van der Waals surface area contributed by atoms with Crippen LogP contribution in [0.25, 0.3) is 0 Å². The maximum Gasteiger partial charge on any atom is 0.326 e. The second-order valence-corrected chi connectivity index (χ2v) is 8.42.